The summed E-state index contributed by atoms with van der Waals surface area (Å²) in [5, 5.41) is 3.31. The second-order valence-electron chi connectivity index (χ2n) is 4.00. The van der Waals surface area contributed by atoms with Gasteiger partial charge in [0.15, 0.2) is 0 Å². The highest BCUT2D eigenvalue weighted by Crippen LogP contribution is 2.16. The Balaban J connectivity index is 1.60. The molecule has 0 radical (unpaired) electrons. The molecule has 1 N–H and O–H groups in total. The fourth-order valence-corrected chi connectivity index (χ4v) is 1.96. The Hall–Kier alpha value is -0.120. The highest BCUT2D eigenvalue weighted by molar-refractivity contribution is 4.72. The van der Waals surface area contributed by atoms with Gasteiger partial charge in [-0.05, 0) is 31.7 Å². The van der Waals surface area contributed by atoms with Crippen LogP contribution in [0.25, 0.3) is 0 Å². The van der Waals surface area contributed by atoms with Gasteiger partial charge in [-0.2, -0.15) is 0 Å². The minimum absolute atomic E-state index is 0.475. The summed E-state index contributed by atoms with van der Waals surface area (Å²) in [6.45, 7) is 4.96. The molecule has 0 unspecified atom stereocenters. The third-order valence-electron chi connectivity index (χ3n) is 2.92. The Labute approximate surface area is 79.8 Å². The van der Waals surface area contributed by atoms with Crippen LogP contribution in [0.1, 0.15) is 19.3 Å². The molecule has 0 spiro atoms. The van der Waals surface area contributed by atoms with E-state index in [2.05, 4.69) is 5.32 Å². The first-order chi connectivity index (χ1) is 6.45. The first-order valence-corrected chi connectivity index (χ1v) is 5.35. The van der Waals surface area contributed by atoms with E-state index in [0.717, 1.165) is 38.8 Å². The lowest BCUT2D eigenvalue weighted by Gasteiger charge is -2.23. The molecule has 3 heteroatoms. The lowest BCUT2D eigenvalue weighted by molar-refractivity contribution is -0.00416. The van der Waals surface area contributed by atoms with Crippen molar-refractivity contribution in [2.45, 2.75) is 25.4 Å². The predicted octanol–water partition coefficient (Wildman–Crippen LogP) is 0.791. The summed E-state index contributed by atoms with van der Waals surface area (Å²) >= 11 is 0. The van der Waals surface area contributed by atoms with Crippen LogP contribution in [0.4, 0.5) is 0 Å². The normalized spacial score (nSPS) is 30.9. The molecule has 2 heterocycles. The van der Waals surface area contributed by atoms with Crippen LogP contribution in [0.15, 0.2) is 0 Å². The third kappa shape index (κ3) is 2.93. The van der Waals surface area contributed by atoms with Gasteiger partial charge in [0.1, 0.15) is 0 Å². The SMILES string of the molecule is C1C[C@@H](OCC2CCOCC2)CN1. The molecule has 0 saturated carbocycles. The van der Waals surface area contributed by atoms with Gasteiger partial charge in [0.05, 0.1) is 6.10 Å². The average Bonchev–Trinajstić information content (AvgIpc) is 2.69. The molecule has 2 aliphatic heterocycles. The molecule has 0 aromatic rings. The van der Waals surface area contributed by atoms with Crippen LogP contribution in [0.3, 0.4) is 0 Å². The van der Waals surface area contributed by atoms with Gasteiger partial charge < -0.3 is 14.8 Å². The number of hydrogen-bond donors (Lipinski definition) is 1. The molecule has 0 aromatic carbocycles. The highest BCUT2D eigenvalue weighted by atomic mass is 16.5. The summed E-state index contributed by atoms with van der Waals surface area (Å²) in [6, 6.07) is 0. The van der Waals surface area contributed by atoms with Crippen molar-refractivity contribution in [2.75, 3.05) is 32.9 Å². The van der Waals surface area contributed by atoms with Crippen LogP contribution in [-0.2, 0) is 9.47 Å². The van der Waals surface area contributed by atoms with E-state index < -0.39 is 0 Å². The maximum absolute atomic E-state index is 5.82. The minimum atomic E-state index is 0.475. The van der Waals surface area contributed by atoms with E-state index in [9.17, 15) is 0 Å². The molecule has 1 atom stereocenters. The minimum Gasteiger partial charge on any atom is -0.381 e. The van der Waals surface area contributed by atoms with E-state index in [4.69, 9.17) is 9.47 Å². The molecule has 2 fully saturated rings. The first kappa shape index (κ1) is 9.44. The predicted molar refractivity (Wildman–Crippen MR) is 50.8 cm³/mol. The molecule has 76 valence electrons. The summed E-state index contributed by atoms with van der Waals surface area (Å²) < 4.78 is 11.1. The Kier molecular flexibility index (Phi) is 3.58. The van der Waals surface area contributed by atoms with E-state index in [1.807, 2.05) is 0 Å². The number of nitrogens with one attached hydrogen (secondary N) is 1. The fourth-order valence-electron chi connectivity index (χ4n) is 1.96. The topological polar surface area (TPSA) is 30.5 Å². The third-order valence-corrected chi connectivity index (χ3v) is 2.92. The van der Waals surface area contributed by atoms with E-state index in [0.29, 0.717) is 6.10 Å². The van der Waals surface area contributed by atoms with Crippen molar-refractivity contribution in [1.29, 1.82) is 0 Å². The fraction of sp³-hybridized carbons (Fsp3) is 1.00. The summed E-state index contributed by atoms with van der Waals surface area (Å²) in [5.74, 6) is 0.745. The van der Waals surface area contributed by atoms with Gasteiger partial charge in [-0.3, -0.25) is 0 Å². The molecule has 3 nitrogen and oxygen atoms in total. The molecule has 2 rings (SSSR count). The van der Waals surface area contributed by atoms with Crippen molar-refractivity contribution < 1.29 is 9.47 Å². The Bertz CT molecular complexity index is 140. The summed E-state index contributed by atoms with van der Waals surface area (Å²) in [4.78, 5) is 0. The molecule has 2 aliphatic rings. The summed E-state index contributed by atoms with van der Waals surface area (Å²) in [7, 11) is 0. The quantitative estimate of drug-likeness (QED) is 0.705. The van der Waals surface area contributed by atoms with Gasteiger partial charge in [0.2, 0.25) is 0 Å². The van der Waals surface area contributed by atoms with E-state index in [1.54, 1.807) is 0 Å². The smallest absolute Gasteiger partial charge is 0.0711 e. The maximum Gasteiger partial charge on any atom is 0.0711 e. The van der Waals surface area contributed by atoms with Crippen molar-refractivity contribution in [3.05, 3.63) is 0 Å². The zero-order valence-electron chi connectivity index (χ0n) is 8.13. The van der Waals surface area contributed by atoms with Crippen molar-refractivity contribution >= 4 is 0 Å². The lowest BCUT2D eigenvalue weighted by Crippen LogP contribution is -2.24. The first-order valence-electron chi connectivity index (χ1n) is 5.35. The highest BCUT2D eigenvalue weighted by Gasteiger charge is 2.18. The van der Waals surface area contributed by atoms with Gasteiger partial charge in [0, 0.05) is 26.4 Å². The second kappa shape index (κ2) is 4.94. The van der Waals surface area contributed by atoms with Gasteiger partial charge in [-0.15, -0.1) is 0 Å². The van der Waals surface area contributed by atoms with Gasteiger partial charge >= 0.3 is 0 Å². The van der Waals surface area contributed by atoms with Gasteiger partial charge in [-0.1, -0.05) is 0 Å². The molecule has 13 heavy (non-hydrogen) atoms. The second-order valence-corrected chi connectivity index (χ2v) is 4.00. The van der Waals surface area contributed by atoms with Crippen molar-refractivity contribution in [3.63, 3.8) is 0 Å². The number of ether oxygens (including phenoxy) is 2. The average molecular weight is 185 g/mol. The van der Waals surface area contributed by atoms with Gasteiger partial charge in [0.25, 0.3) is 0 Å². The standard InChI is InChI=1S/C10H19NO2/c1-4-11-7-10(1)13-8-9-2-5-12-6-3-9/h9-11H,1-8H2/t10-/m1/s1. The zero-order chi connectivity index (χ0) is 8.93. The molecule has 0 aromatic heterocycles. The van der Waals surface area contributed by atoms with Crippen LogP contribution in [0, 0.1) is 5.92 Å². The Morgan fingerprint density at radius 3 is 2.77 bits per heavy atom. The molecule has 0 amide bonds. The maximum atomic E-state index is 5.82. The largest absolute Gasteiger partial charge is 0.381 e. The Morgan fingerprint density at radius 1 is 1.23 bits per heavy atom. The molecular weight excluding hydrogens is 166 g/mol. The van der Waals surface area contributed by atoms with E-state index in [-0.39, 0.29) is 0 Å². The van der Waals surface area contributed by atoms with Crippen LogP contribution >= 0.6 is 0 Å². The Morgan fingerprint density at radius 2 is 2.08 bits per heavy atom. The molecular formula is C10H19NO2. The lowest BCUT2D eigenvalue weighted by atomic mass is 10.0. The number of rotatable bonds is 3. The van der Waals surface area contributed by atoms with Crippen molar-refractivity contribution in [2.24, 2.45) is 5.92 Å². The van der Waals surface area contributed by atoms with E-state index >= 15 is 0 Å². The van der Waals surface area contributed by atoms with Crippen molar-refractivity contribution in [1.82, 2.24) is 5.32 Å². The summed E-state index contributed by atoms with van der Waals surface area (Å²) in [6.07, 6.45) is 4.02. The van der Waals surface area contributed by atoms with Crippen LogP contribution in [0.2, 0.25) is 0 Å². The van der Waals surface area contributed by atoms with Crippen molar-refractivity contribution in [3.8, 4) is 0 Å². The monoisotopic (exact) mass is 185 g/mol. The zero-order valence-corrected chi connectivity index (χ0v) is 8.13. The van der Waals surface area contributed by atoms with Crippen LogP contribution in [0.5, 0.6) is 0 Å². The van der Waals surface area contributed by atoms with Gasteiger partial charge in [-0.25, -0.2) is 0 Å². The van der Waals surface area contributed by atoms with E-state index in [1.165, 1.54) is 19.3 Å². The van der Waals surface area contributed by atoms with Crippen LogP contribution < -0.4 is 5.32 Å². The summed E-state index contributed by atoms with van der Waals surface area (Å²) in [5.41, 5.74) is 0. The van der Waals surface area contributed by atoms with Crippen LogP contribution in [-0.4, -0.2) is 39.0 Å². The molecule has 2 saturated heterocycles. The molecule has 0 aliphatic carbocycles. The number of hydrogen-bond acceptors (Lipinski definition) is 3. The molecule has 0 bridgehead atoms.